The number of unbranched alkanes of at least 4 members (excludes halogenated alkanes) is 12. The van der Waals surface area contributed by atoms with Gasteiger partial charge in [-0.05, 0) is 77.2 Å². The molecule has 0 aromatic carbocycles. The number of carbonyl (C=O) groups excluding carboxylic acids is 2. The summed E-state index contributed by atoms with van der Waals surface area (Å²) in [6, 6.07) is 0. The Labute approximate surface area is 267 Å². The molecule has 0 spiro atoms. The molecule has 2 saturated heterocycles. The standard InChI is InChI=1S/C37H64O7/c1-3-4-5-6-7-8-12-15-21-31(39)33-23-25-35(43-33)36-26-24-34(44-36)32(40)22-17-16-20-30(38)19-14-11-9-10-13-18-29-27-28(2)42-37(29)41/h27-28,31-36,39-40H,3-26H2,1-2H3. The highest BCUT2D eigenvalue weighted by Gasteiger charge is 2.40. The van der Waals surface area contributed by atoms with Crippen LogP contribution in [0.4, 0.5) is 0 Å². The number of ketones is 1. The Morgan fingerprint density at radius 1 is 0.727 bits per heavy atom. The predicted molar refractivity (Wildman–Crippen MR) is 174 cm³/mol. The Balaban J connectivity index is 1.15. The number of carbonyl (C=O) groups is 2. The topological polar surface area (TPSA) is 102 Å². The van der Waals surface area contributed by atoms with Crippen molar-refractivity contribution in [1.29, 1.82) is 0 Å². The number of aliphatic hydroxyl groups is 2. The third-order valence-corrected chi connectivity index (χ3v) is 9.90. The number of cyclic esters (lactones) is 1. The van der Waals surface area contributed by atoms with Crippen LogP contribution in [0.3, 0.4) is 0 Å². The summed E-state index contributed by atoms with van der Waals surface area (Å²) in [5.41, 5.74) is 0.814. The Hall–Kier alpha value is -1.28. The fraction of sp³-hybridized carbons (Fsp3) is 0.892. The van der Waals surface area contributed by atoms with E-state index in [9.17, 15) is 19.8 Å². The minimum atomic E-state index is -0.495. The summed E-state index contributed by atoms with van der Waals surface area (Å²) in [6.07, 6.45) is 24.8. The Morgan fingerprint density at radius 3 is 1.75 bits per heavy atom. The number of hydrogen-bond donors (Lipinski definition) is 2. The molecule has 0 saturated carbocycles. The Bertz CT molecular complexity index is 842. The van der Waals surface area contributed by atoms with Gasteiger partial charge in [-0.3, -0.25) is 4.79 Å². The van der Waals surface area contributed by atoms with Gasteiger partial charge in [0.05, 0.1) is 36.6 Å². The third-order valence-electron chi connectivity index (χ3n) is 9.90. The second-order valence-electron chi connectivity index (χ2n) is 13.8. The molecule has 7 nitrogen and oxygen atoms in total. The molecule has 3 rings (SSSR count). The highest BCUT2D eigenvalue weighted by atomic mass is 16.6. The van der Waals surface area contributed by atoms with Gasteiger partial charge in [-0.25, -0.2) is 4.79 Å². The first-order chi connectivity index (χ1) is 21.4. The van der Waals surface area contributed by atoms with Gasteiger partial charge in [-0.1, -0.05) is 84.0 Å². The van der Waals surface area contributed by atoms with E-state index in [4.69, 9.17) is 14.2 Å². The minimum Gasteiger partial charge on any atom is -0.455 e. The van der Waals surface area contributed by atoms with Gasteiger partial charge in [0.15, 0.2) is 0 Å². The molecule has 0 aromatic heterocycles. The number of hydrogen-bond acceptors (Lipinski definition) is 7. The van der Waals surface area contributed by atoms with Crippen LogP contribution in [-0.2, 0) is 23.8 Å². The second-order valence-corrected chi connectivity index (χ2v) is 13.8. The molecule has 0 aromatic rings. The average molecular weight is 621 g/mol. The zero-order valence-corrected chi connectivity index (χ0v) is 28.0. The zero-order valence-electron chi connectivity index (χ0n) is 28.0. The molecule has 0 bridgehead atoms. The fourth-order valence-electron chi connectivity index (χ4n) is 7.13. The molecule has 44 heavy (non-hydrogen) atoms. The van der Waals surface area contributed by atoms with Crippen molar-refractivity contribution in [2.45, 2.75) is 211 Å². The van der Waals surface area contributed by atoms with Crippen molar-refractivity contribution in [3.8, 4) is 0 Å². The SMILES string of the molecule is CCCCCCCCCCC(O)C1CCC(C2CCC(C(O)CCCCC(=O)CCCCCCCC3=CC(C)OC3=O)O2)O1. The van der Waals surface area contributed by atoms with Gasteiger partial charge in [-0.2, -0.15) is 0 Å². The summed E-state index contributed by atoms with van der Waals surface area (Å²) in [6.45, 7) is 4.13. The van der Waals surface area contributed by atoms with Gasteiger partial charge in [-0.15, -0.1) is 0 Å². The fourth-order valence-corrected chi connectivity index (χ4v) is 7.13. The van der Waals surface area contributed by atoms with Crippen LogP contribution in [0.5, 0.6) is 0 Å². The van der Waals surface area contributed by atoms with Gasteiger partial charge in [0, 0.05) is 18.4 Å². The molecule has 7 atom stereocenters. The van der Waals surface area contributed by atoms with E-state index in [-0.39, 0.29) is 42.6 Å². The lowest BCUT2D eigenvalue weighted by atomic mass is 10.00. The summed E-state index contributed by atoms with van der Waals surface area (Å²) < 4.78 is 17.6. The van der Waals surface area contributed by atoms with Crippen molar-refractivity contribution in [1.82, 2.24) is 0 Å². The summed E-state index contributed by atoms with van der Waals surface area (Å²) in [7, 11) is 0. The maximum atomic E-state index is 12.3. The number of ether oxygens (including phenoxy) is 3. The van der Waals surface area contributed by atoms with E-state index in [1.165, 1.54) is 44.9 Å². The summed E-state index contributed by atoms with van der Waals surface area (Å²) in [5, 5.41) is 21.4. The summed E-state index contributed by atoms with van der Waals surface area (Å²) in [4.78, 5) is 23.9. The highest BCUT2D eigenvalue weighted by Crippen LogP contribution is 2.34. The smallest absolute Gasteiger partial charge is 0.334 e. The molecular formula is C37H64O7. The molecule has 0 radical (unpaired) electrons. The van der Waals surface area contributed by atoms with Gasteiger partial charge in [0.25, 0.3) is 0 Å². The molecule has 2 N–H and O–H groups in total. The van der Waals surface area contributed by atoms with Crippen LogP contribution in [-0.4, -0.2) is 64.7 Å². The van der Waals surface area contributed by atoms with Gasteiger partial charge in [0.2, 0.25) is 0 Å². The van der Waals surface area contributed by atoms with Crippen LogP contribution in [0.1, 0.15) is 168 Å². The minimum absolute atomic E-state index is 0.0107. The van der Waals surface area contributed by atoms with E-state index in [0.717, 1.165) is 95.5 Å². The van der Waals surface area contributed by atoms with Crippen LogP contribution in [0.25, 0.3) is 0 Å². The molecule has 3 aliphatic rings. The molecule has 2 fully saturated rings. The first-order valence-corrected chi connectivity index (χ1v) is 18.5. The number of esters is 1. The lowest BCUT2D eigenvalue weighted by molar-refractivity contribution is -0.139. The second kappa shape index (κ2) is 21.5. The zero-order chi connectivity index (χ0) is 31.6. The van der Waals surface area contributed by atoms with E-state index in [2.05, 4.69) is 6.92 Å². The Kier molecular flexibility index (Phi) is 18.2. The monoisotopic (exact) mass is 620 g/mol. The number of aliphatic hydroxyl groups excluding tert-OH is 2. The molecule has 3 aliphatic heterocycles. The van der Waals surface area contributed by atoms with E-state index in [1.54, 1.807) is 0 Å². The van der Waals surface area contributed by atoms with Gasteiger partial charge < -0.3 is 24.4 Å². The van der Waals surface area contributed by atoms with Crippen LogP contribution in [0.2, 0.25) is 0 Å². The molecule has 0 amide bonds. The Morgan fingerprint density at radius 2 is 1.20 bits per heavy atom. The maximum absolute atomic E-state index is 12.3. The van der Waals surface area contributed by atoms with Crippen molar-refractivity contribution in [2.24, 2.45) is 0 Å². The number of Topliss-reactive ketones (excluding diaryl/α,β-unsaturated/α-hetero) is 1. The van der Waals surface area contributed by atoms with Crippen LogP contribution >= 0.6 is 0 Å². The van der Waals surface area contributed by atoms with Crippen molar-refractivity contribution in [2.75, 3.05) is 0 Å². The van der Waals surface area contributed by atoms with Crippen LogP contribution in [0.15, 0.2) is 11.6 Å². The normalized spacial score (nSPS) is 26.6. The van der Waals surface area contributed by atoms with E-state index < -0.39 is 6.10 Å². The number of rotatable bonds is 25. The first-order valence-electron chi connectivity index (χ1n) is 18.5. The molecule has 7 unspecified atom stereocenters. The van der Waals surface area contributed by atoms with Crippen LogP contribution < -0.4 is 0 Å². The highest BCUT2D eigenvalue weighted by molar-refractivity contribution is 5.90. The van der Waals surface area contributed by atoms with E-state index in [1.807, 2.05) is 13.0 Å². The molecular weight excluding hydrogens is 556 g/mol. The third kappa shape index (κ3) is 14.0. The van der Waals surface area contributed by atoms with E-state index in [0.29, 0.717) is 25.0 Å². The lowest BCUT2D eigenvalue weighted by Gasteiger charge is -2.24. The van der Waals surface area contributed by atoms with Crippen LogP contribution in [0, 0.1) is 0 Å². The van der Waals surface area contributed by atoms with Crippen molar-refractivity contribution >= 4 is 11.8 Å². The average Bonchev–Trinajstić information content (AvgIpc) is 3.76. The van der Waals surface area contributed by atoms with Gasteiger partial charge in [0.1, 0.15) is 11.9 Å². The van der Waals surface area contributed by atoms with Crippen molar-refractivity contribution in [3.63, 3.8) is 0 Å². The molecule has 254 valence electrons. The predicted octanol–water partition coefficient (Wildman–Crippen LogP) is 8.07. The van der Waals surface area contributed by atoms with Gasteiger partial charge >= 0.3 is 5.97 Å². The molecule has 7 heteroatoms. The first kappa shape index (κ1) is 37.2. The molecule has 3 heterocycles. The lowest BCUT2D eigenvalue weighted by Crippen LogP contribution is -2.33. The quantitative estimate of drug-likeness (QED) is 0.0786. The van der Waals surface area contributed by atoms with Crippen molar-refractivity contribution in [3.05, 3.63) is 11.6 Å². The molecule has 0 aliphatic carbocycles. The van der Waals surface area contributed by atoms with E-state index >= 15 is 0 Å². The largest absolute Gasteiger partial charge is 0.455 e. The van der Waals surface area contributed by atoms with Crippen molar-refractivity contribution < 1.29 is 34.0 Å². The summed E-state index contributed by atoms with van der Waals surface area (Å²) >= 11 is 0. The maximum Gasteiger partial charge on any atom is 0.334 e. The summed E-state index contributed by atoms with van der Waals surface area (Å²) in [5.74, 6) is 0.158.